The maximum atomic E-state index is 13.8. The first-order valence-corrected chi connectivity index (χ1v) is 17.0. The molecule has 2 atom stereocenters. The van der Waals surface area contributed by atoms with E-state index in [4.69, 9.17) is 23.2 Å². The first kappa shape index (κ1) is 30.8. The predicted octanol–water partition coefficient (Wildman–Crippen LogP) is 6.05. The van der Waals surface area contributed by atoms with E-state index >= 15 is 0 Å². The first-order valence-electron chi connectivity index (χ1n) is 14.6. The molecule has 232 valence electrons. The number of nitrogens with zero attached hydrogens (tertiary/aromatic N) is 2. The van der Waals surface area contributed by atoms with Crippen molar-refractivity contribution in [3.63, 3.8) is 0 Å². The molecule has 2 saturated heterocycles. The fourth-order valence-corrected chi connectivity index (χ4v) is 8.64. The monoisotopic (exact) mass is 658 g/mol. The Morgan fingerprint density at radius 1 is 1.11 bits per heavy atom. The van der Waals surface area contributed by atoms with Crippen LogP contribution in [-0.2, 0) is 20.4 Å². The molecule has 0 unspecified atom stereocenters. The van der Waals surface area contributed by atoms with Gasteiger partial charge in [0, 0.05) is 70.5 Å². The van der Waals surface area contributed by atoms with E-state index in [1.165, 1.54) is 12.1 Å². The van der Waals surface area contributed by atoms with Crippen molar-refractivity contribution in [3.8, 4) is 0 Å². The lowest BCUT2D eigenvalue weighted by molar-refractivity contribution is -0.110. The molecule has 2 aromatic carbocycles. The maximum Gasteiger partial charge on any atom is 0.256 e. The predicted molar refractivity (Wildman–Crippen MR) is 171 cm³/mol. The third-order valence-electron chi connectivity index (χ3n) is 8.83. The Hall–Kier alpha value is -3.18. The van der Waals surface area contributed by atoms with Crippen molar-refractivity contribution in [2.45, 2.75) is 56.0 Å². The third kappa shape index (κ3) is 5.80. The summed E-state index contributed by atoms with van der Waals surface area (Å²) in [6.45, 7) is 6.09. The molecule has 0 bridgehead atoms. The number of aryl methyl sites for hydroxylation is 1. The number of likely N-dealkylation sites (tertiary alicyclic amines) is 2. The maximum absolute atomic E-state index is 13.8. The second-order valence-electron chi connectivity index (χ2n) is 11.8. The fraction of sp³-hybridized carbons (Fsp3) is 0.375. The molecule has 3 aliphatic rings. The first-order chi connectivity index (χ1) is 20.9. The smallest absolute Gasteiger partial charge is 0.256 e. The third-order valence-corrected chi connectivity index (χ3v) is 11.2. The number of nitrogens with one attached hydrogen (secondary N) is 2. The van der Waals surface area contributed by atoms with Gasteiger partial charge < -0.3 is 15.2 Å². The van der Waals surface area contributed by atoms with E-state index in [0.717, 1.165) is 12.8 Å². The molecule has 2 amide bonds. The summed E-state index contributed by atoms with van der Waals surface area (Å²) in [6.07, 6.45) is 3.17. The number of anilines is 1. The van der Waals surface area contributed by atoms with Crippen LogP contribution in [0.2, 0.25) is 10.0 Å². The van der Waals surface area contributed by atoms with Crippen LogP contribution in [0.3, 0.4) is 0 Å². The largest absolute Gasteiger partial charge is 0.358 e. The summed E-state index contributed by atoms with van der Waals surface area (Å²) >= 11 is 12.5. The van der Waals surface area contributed by atoms with Gasteiger partial charge in [0.15, 0.2) is 9.84 Å². The van der Waals surface area contributed by atoms with E-state index in [2.05, 4.69) is 15.2 Å². The molecule has 0 aliphatic carbocycles. The highest BCUT2D eigenvalue weighted by Crippen LogP contribution is 2.37. The zero-order chi connectivity index (χ0) is 31.3. The van der Waals surface area contributed by atoms with E-state index in [-0.39, 0.29) is 38.4 Å². The van der Waals surface area contributed by atoms with Gasteiger partial charge in [-0.1, -0.05) is 29.3 Å². The van der Waals surface area contributed by atoms with E-state index in [9.17, 15) is 22.4 Å². The Bertz CT molecular complexity index is 1790. The summed E-state index contributed by atoms with van der Waals surface area (Å²) < 4.78 is 40.6. The summed E-state index contributed by atoms with van der Waals surface area (Å²) in [4.78, 5) is 34.2. The van der Waals surface area contributed by atoms with Crippen LogP contribution in [-0.4, -0.2) is 73.4 Å². The number of hydrogen-bond acceptors (Lipinski definition) is 5. The zero-order valence-electron chi connectivity index (χ0n) is 24.4. The minimum Gasteiger partial charge on any atom is -0.358 e. The van der Waals surface area contributed by atoms with Crippen molar-refractivity contribution in [2.24, 2.45) is 0 Å². The Labute approximate surface area is 266 Å². The average molecular weight is 660 g/mol. The number of sulfone groups is 1. The highest BCUT2D eigenvalue weighted by atomic mass is 35.5. The van der Waals surface area contributed by atoms with Crippen LogP contribution in [0.4, 0.5) is 10.1 Å². The molecule has 4 heterocycles. The van der Waals surface area contributed by atoms with Crippen LogP contribution in [0, 0.1) is 13.8 Å². The Kier molecular flexibility index (Phi) is 8.38. The minimum absolute atomic E-state index is 0.0248. The molecule has 0 saturated carbocycles. The number of hydrogen-bond donors (Lipinski definition) is 2. The molecule has 44 heavy (non-hydrogen) atoms. The number of benzene rings is 2. The van der Waals surface area contributed by atoms with Gasteiger partial charge in [0.1, 0.15) is 6.17 Å². The molecular weight excluding hydrogens is 626 g/mol. The molecule has 3 aromatic rings. The van der Waals surface area contributed by atoms with Gasteiger partial charge in [-0.05, 0) is 75.1 Å². The molecule has 2 fully saturated rings. The van der Waals surface area contributed by atoms with Crippen molar-refractivity contribution in [2.75, 3.05) is 31.5 Å². The highest BCUT2D eigenvalue weighted by molar-refractivity contribution is 7.90. The number of amides is 2. The molecule has 8 nitrogen and oxygen atoms in total. The van der Waals surface area contributed by atoms with E-state index in [0.29, 0.717) is 71.9 Å². The summed E-state index contributed by atoms with van der Waals surface area (Å²) in [6, 6.07) is 9.34. The van der Waals surface area contributed by atoms with Gasteiger partial charge in [-0.25, -0.2) is 12.8 Å². The standard InChI is InChI=1S/C32H33Cl2FN4O4S/c1-18-29(36-19(2)30(18)32(41)39-11-4-5-21(39)16-38-12-10-20(35)15-38)14-24-23-13-22(8-9-28(23)37-31(24)40)44(42,43)17-25-26(33)6-3-7-27(25)34/h3,6-9,13-14,20-21,36H,4-5,10-12,15-17H2,1-2H3,(H,37,40)/t20-,21+/m1/s1. The normalized spacial score (nSPS) is 21.3. The van der Waals surface area contributed by atoms with Crippen LogP contribution in [0.15, 0.2) is 41.3 Å². The van der Waals surface area contributed by atoms with E-state index in [1.807, 2.05) is 18.7 Å². The number of fused-ring (bicyclic) bond motifs is 1. The second kappa shape index (κ2) is 12.0. The number of aromatic amines is 1. The Morgan fingerprint density at radius 3 is 2.57 bits per heavy atom. The van der Waals surface area contributed by atoms with Crippen LogP contribution in [0.5, 0.6) is 0 Å². The summed E-state index contributed by atoms with van der Waals surface area (Å²) in [7, 11) is -3.86. The van der Waals surface area contributed by atoms with Gasteiger partial charge in [0.05, 0.1) is 21.8 Å². The lowest BCUT2D eigenvalue weighted by Crippen LogP contribution is -2.43. The summed E-state index contributed by atoms with van der Waals surface area (Å²) in [5.74, 6) is -0.851. The fourth-order valence-electron chi connectivity index (χ4n) is 6.52. The van der Waals surface area contributed by atoms with Gasteiger partial charge in [-0.2, -0.15) is 0 Å². The molecule has 3 aliphatic heterocycles. The highest BCUT2D eigenvalue weighted by Gasteiger charge is 2.35. The molecule has 1 aromatic heterocycles. The van der Waals surface area contributed by atoms with Crippen molar-refractivity contribution in [1.82, 2.24) is 14.8 Å². The van der Waals surface area contributed by atoms with Crippen LogP contribution < -0.4 is 5.32 Å². The lowest BCUT2D eigenvalue weighted by atomic mass is 10.0. The second-order valence-corrected chi connectivity index (χ2v) is 14.6. The quantitative estimate of drug-likeness (QED) is 0.301. The van der Waals surface area contributed by atoms with Gasteiger partial charge in [0.25, 0.3) is 11.8 Å². The summed E-state index contributed by atoms with van der Waals surface area (Å²) in [5, 5.41) is 3.31. The van der Waals surface area contributed by atoms with Crippen LogP contribution >= 0.6 is 23.2 Å². The van der Waals surface area contributed by atoms with Crippen molar-refractivity contribution >= 4 is 62.2 Å². The number of H-pyrrole nitrogens is 1. The molecule has 6 rings (SSSR count). The number of carbonyl (C=O) groups excluding carboxylic acids is 2. The van der Waals surface area contributed by atoms with E-state index < -0.39 is 21.8 Å². The van der Waals surface area contributed by atoms with Gasteiger partial charge in [-0.3, -0.25) is 14.5 Å². The van der Waals surface area contributed by atoms with Gasteiger partial charge in [-0.15, -0.1) is 0 Å². The van der Waals surface area contributed by atoms with Crippen molar-refractivity contribution < 1.29 is 22.4 Å². The van der Waals surface area contributed by atoms with Crippen molar-refractivity contribution in [3.05, 3.63) is 80.1 Å². The molecule has 0 radical (unpaired) electrons. The molecule has 2 N–H and O–H groups in total. The Morgan fingerprint density at radius 2 is 1.86 bits per heavy atom. The Balaban J connectivity index is 1.28. The molecule has 12 heteroatoms. The van der Waals surface area contributed by atoms with Crippen molar-refractivity contribution in [1.29, 1.82) is 0 Å². The molecular formula is C32H33Cl2FN4O4S. The van der Waals surface area contributed by atoms with Crippen LogP contribution in [0.1, 0.15) is 57.7 Å². The molecule has 0 spiro atoms. The van der Waals surface area contributed by atoms with Crippen LogP contribution in [0.25, 0.3) is 11.6 Å². The van der Waals surface area contributed by atoms with E-state index in [1.54, 1.807) is 30.3 Å². The number of rotatable bonds is 7. The number of halogens is 3. The number of alkyl halides is 1. The lowest BCUT2D eigenvalue weighted by Gasteiger charge is -2.28. The van der Waals surface area contributed by atoms with Gasteiger partial charge >= 0.3 is 0 Å². The summed E-state index contributed by atoms with van der Waals surface area (Å²) in [5.41, 5.74) is 4.06. The number of carbonyl (C=O) groups is 2. The number of aromatic nitrogens is 1. The van der Waals surface area contributed by atoms with Gasteiger partial charge in [0.2, 0.25) is 0 Å². The SMILES string of the molecule is Cc1[nH]c(C=C2C(=O)Nc3ccc(S(=O)(=O)Cc4c(Cl)cccc4Cl)cc32)c(C)c1C(=O)N1CCC[C@H]1CN1CC[C@@H](F)C1. The zero-order valence-corrected chi connectivity index (χ0v) is 26.8. The average Bonchev–Trinajstić information content (AvgIpc) is 3.73. The topological polar surface area (TPSA) is 103 Å². The minimum atomic E-state index is -3.86.